The van der Waals surface area contributed by atoms with Gasteiger partial charge in [0.1, 0.15) is 11.6 Å². The second-order valence-electron chi connectivity index (χ2n) is 6.67. The van der Waals surface area contributed by atoms with Crippen LogP contribution in [0.4, 0.5) is 21.8 Å². The molecule has 0 spiro atoms. The fourth-order valence-electron chi connectivity index (χ4n) is 2.92. The Hall–Kier alpha value is -4.05. The van der Waals surface area contributed by atoms with Gasteiger partial charge in [0.2, 0.25) is 5.95 Å². The van der Waals surface area contributed by atoms with E-state index in [2.05, 4.69) is 30.7 Å². The number of aromatic nitrogens is 5. The van der Waals surface area contributed by atoms with Crippen molar-refractivity contribution in [2.75, 3.05) is 17.2 Å². The van der Waals surface area contributed by atoms with E-state index in [1.54, 1.807) is 17.1 Å². The Bertz CT molecular complexity index is 1250. The van der Waals surface area contributed by atoms with Gasteiger partial charge in [-0.3, -0.25) is 9.67 Å². The summed E-state index contributed by atoms with van der Waals surface area (Å²) in [6, 6.07) is 7.52. The highest BCUT2D eigenvalue weighted by molar-refractivity contribution is 6.31. The van der Waals surface area contributed by atoms with E-state index < -0.39 is 11.8 Å². The van der Waals surface area contributed by atoms with E-state index >= 15 is 0 Å². The van der Waals surface area contributed by atoms with Gasteiger partial charge >= 0.3 is 5.97 Å². The molecule has 0 saturated heterocycles. The normalized spacial score (nSPS) is 10.7. The van der Waals surface area contributed by atoms with Gasteiger partial charge in [-0.05, 0) is 30.3 Å². The fourth-order valence-corrected chi connectivity index (χ4v) is 3.10. The minimum atomic E-state index is -1.08. The highest BCUT2D eigenvalue weighted by Crippen LogP contribution is 2.28. The third-order valence-corrected chi connectivity index (χ3v) is 4.74. The SMILES string of the molecule is O=C(O)c1cncc(-c2cnc(Nc3ccc(F)c(Cl)c3)nc2NCCn2cccn2)c1. The smallest absolute Gasteiger partial charge is 0.337 e. The Labute approximate surface area is 186 Å². The molecule has 3 heterocycles. The lowest BCUT2D eigenvalue weighted by atomic mass is 10.1. The largest absolute Gasteiger partial charge is 0.478 e. The summed E-state index contributed by atoms with van der Waals surface area (Å²) in [6.07, 6.45) is 7.89. The summed E-state index contributed by atoms with van der Waals surface area (Å²) in [5, 5.41) is 19.6. The van der Waals surface area contributed by atoms with E-state index in [0.717, 1.165) is 0 Å². The standard InChI is InChI=1S/C21H17ClFN7O2/c22-17-9-15(2-3-18(17)23)28-21-26-12-16(13-8-14(20(31)32)11-24-10-13)19(29-21)25-5-7-30-6-1-4-27-30/h1-4,6,8-12H,5,7H2,(H,31,32)(H2,25,26,28,29). The van der Waals surface area contributed by atoms with Gasteiger partial charge in [0, 0.05) is 54.3 Å². The molecule has 0 fully saturated rings. The van der Waals surface area contributed by atoms with E-state index in [0.29, 0.717) is 35.7 Å². The number of benzene rings is 1. The molecular formula is C21H17ClFN7O2. The number of hydrogen-bond acceptors (Lipinski definition) is 7. The number of halogens is 2. The van der Waals surface area contributed by atoms with Crippen LogP contribution in [0.25, 0.3) is 11.1 Å². The Morgan fingerprint density at radius 1 is 1.22 bits per heavy atom. The fraction of sp³-hybridized carbons (Fsp3) is 0.0952. The summed E-state index contributed by atoms with van der Waals surface area (Å²) in [5.41, 5.74) is 1.68. The van der Waals surface area contributed by atoms with E-state index in [4.69, 9.17) is 11.6 Å². The first kappa shape index (κ1) is 21.2. The van der Waals surface area contributed by atoms with Crippen molar-refractivity contribution >= 4 is 35.0 Å². The van der Waals surface area contributed by atoms with Crippen LogP contribution in [-0.2, 0) is 6.54 Å². The number of carboxylic acid groups (broad SMARTS) is 1. The predicted octanol–water partition coefficient (Wildman–Crippen LogP) is 4.08. The minimum absolute atomic E-state index is 0.0271. The van der Waals surface area contributed by atoms with Gasteiger partial charge in [-0.2, -0.15) is 10.1 Å². The van der Waals surface area contributed by atoms with Crippen molar-refractivity contribution in [1.82, 2.24) is 24.7 Å². The molecule has 0 saturated carbocycles. The molecule has 11 heteroatoms. The average Bonchev–Trinajstić information content (AvgIpc) is 3.30. The van der Waals surface area contributed by atoms with E-state index in [-0.39, 0.29) is 16.5 Å². The van der Waals surface area contributed by atoms with Gasteiger partial charge in [0.25, 0.3) is 0 Å². The Balaban J connectivity index is 1.64. The third-order valence-electron chi connectivity index (χ3n) is 4.45. The van der Waals surface area contributed by atoms with Crippen LogP contribution in [0.15, 0.2) is 61.3 Å². The zero-order valence-corrected chi connectivity index (χ0v) is 17.3. The number of anilines is 3. The maximum absolute atomic E-state index is 13.4. The molecule has 0 aliphatic heterocycles. The molecule has 32 heavy (non-hydrogen) atoms. The van der Waals surface area contributed by atoms with Gasteiger partial charge in [-0.15, -0.1) is 0 Å². The molecule has 4 aromatic rings. The first-order valence-electron chi connectivity index (χ1n) is 9.49. The van der Waals surface area contributed by atoms with Crippen LogP contribution in [0.2, 0.25) is 5.02 Å². The number of aromatic carboxylic acids is 1. The second-order valence-corrected chi connectivity index (χ2v) is 7.08. The van der Waals surface area contributed by atoms with E-state index in [9.17, 15) is 14.3 Å². The van der Waals surface area contributed by atoms with E-state index in [1.165, 1.54) is 36.7 Å². The molecule has 0 radical (unpaired) electrons. The monoisotopic (exact) mass is 453 g/mol. The molecule has 0 aliphatic carbocycles. The van der Waals surface area contributed by atoms with E-state index in [1.807, 2.05) is 12.3 Å². The van der Waals surface area contributed by atoms with Crippen LogP contribution in [0.1, 0.15) is 10.4 Å². The Kier molecular flexibility index (Phi) is 6.22. The Morgan fingerprint density at radius 3 is 2.84 bits per heavy atom. The summed E-state index contributed by atoms with van der Waals surface area (Å²) in [5.74, 6) is -0.896. The quantitative estimate of drug-likeness (QED) is 0.365. The van der Waals surface area contributed by atoms with Gasteiger partial charge in [-0.25, -0.2) is 14.2 Å². The second kappa shape index (κ2) is 9.40. The zero-order chi connectivity index (χ0) is 22.5. The first-order valence-corrected chi connectivity index (χ1v) is 9.86. The summed E-state index contributed by atoms with van der Waals surface area (Å²) in [7, 11) is 0. The number of pyridine rings is 1. The van der Waals surface area contributed by atoms with Crippen LogP contribution in [0, 0.1) is 5.82 Å². The number of carbonyl (C=O) groups is 1. The van der Waals surface area contributed by atoms with Crippen LogP contribution in [-0.4, -0.2) is 42.4 Å². The third kappa shape index (κ3) is 4.98. The average molecular weight is 454 g/mol. The number of rotatable bonds is 8. The first-order chi connectivity index (χ1) is 15.5. The van der Waals surface area contributed by atoms with Crippen molar-refractivity contribution in [2.45, 2.75) is 6.54 Å². The summed E-state index contributed by atoms with van der Waals surface area (Å²) in [4.78, 5) is 24.2. The summed E-state index contributed by atoms with van der Waals surface area (Å²) < 4.78 is 15.2. The summed E-state index contributed by atoms with van der Waals surface area (Å²) >= 11 is 5.84. The van der Waals surface area contributed by atoms with Crippen LogP contribution in [0.5, 0.6) is 0 Å². The molecule has 3 N–H and O–H groups in total. The molecule has 0 amide bonds. The Morgan fingerprint density at radius 2 is 2.09 bits per heavy atom. The number of carboxylic acids is 1. The maximum Gasteiger partial charge on any atom is 0.337 e. The molecule has 4 rings (SSSR count). The molecule has 9 nitrogen and oxygen atoms in total. The van der Waals surface area contributed by atoms with Gasteiger partial charge in [-0.1, -0.05) is 11.6 Å². The van der Waals surface area contributed by atoms with Crippen molar-refractivity contribution in [3.05, 3.63) is 77.7 Å². The van der Waals surface area contributed by atoms with Crippen molar-refractivity contribution < 1.29 is 14.3 Å². The van der Waals surface area contributed by atoms with Crippen molar-refractivity contribution in [2.24, 2.45) is 0 Å². The maximum atomic E-state index is 13.4. The highest BCUT2D eigenvalue weighted by atomic mass is 35.5. The molecule has 1 aromatic carbocycles. The van der Waals surface area contributed by atoms with Crippen molar-refractivity contribution in [1.29, 1.82) is 0 Å². The predicted molar refractivity (Wildman–Crippen MR) is 118 cm³/mol. The molecule has 0 aliphatic rings. The van der Waals surface area contributed by atoms with Gasteiger partial charge in [0.05, 0.1) is 17.1 Å². The molecular weight excluding hydrogens is 437 g/mol. The van der Waals surface area contributed by atoms with Crippen LogP contribution < -0.4 is 10.6 Å². The topological polar surface area (TPSA) is 118 Å². The number of hydrogen-bond donors (Lipinski definition) is 3. The lowest BCUT2D eigenvalue weighted by Crippen LogP contribution is -2.13. The van der Waals surface area contributed by atoms with Crippen LogP contribution >= 0.6 is 11.6 Å². The lowest BCUT2D eigenvalue weighted by Gasteiger charge is -2.14. The minimum Gasteiger partial charge on any atom is -0.478 e. The number of nitrogens with zero attached hydrogens (tertiary/aromatic N) is 5. The van der Waals surface area contributed by atoms with Crippen molar-refractivity contribution in [3.63, 3.8) is 0 Å². The van der Waals surface area contributed by atoms with Gasteiger partial charge < -0.3 is 15.7 Å². The lowest BCUT2D eigenvalue weighted by molar-refractivity contribution is 0.0696. The van der Waals surface area contributed by atoms with Gasteiger partial charge in [0.15, 0.2) is 0 Å². The molecule has 0 unspecified atom stereocenters. The molecule has 3 aromatic heterocycles. The van der Waals surface area contributed by atoms with Crippen molar-refractivity contribution in [3.8, 4) is 11.1 Å². The number of nitrogens with one attached hydrogen (secondary N) is 2. The molecule has 162 valence electrons. The summed E-state index contributed by atoms with van der Waals surface area (Å²) in [6.45, 7) is 1.08. The molecule has 0 bridgehead atoms. The van der Waals surface area contributed by atoms with Crippen LogP contribution in [0.3, 0.4) is 0 Å². The zero-order valence-electron chi connectivity index (χ0n) is 16.5. The highest BCUT2D eigenvalue weighted by Gasteiger charge is 2.13. The molecule has 0 atom stereocenters.